The number of pyridine rings is 1. The predicted octanol–water partition coefficient (Wildman–Crippen LogP) is 3.21. The third-order valence-corrected chi connectivity index (χ3v) is 4.42. The van der Waals surface area contributed by atoms with Crippen LogP contribution in [0.25, 0.3) is 10.9 Å². The van der Waals surface area contributed by atoms with Gasteiger partial charge < -0.3 is 4.98 Å². The van der Waals surface area contributed by atoms with E-state index in [0.29, 0.717) is 5.56 Å². The minimum absolute atomic E-state index is 0.206. The SMILES string of the molecule is O=C(N/N=C/c1cccnc1)c1ccc2[nH]c3c(c2c1)CCCC3. The molecule has 1 aromatic carbocycles. The average Bonchev–Trinajstić information content (AvgIpc) is 3.00. The second kappa shape index (κ2) is 6.28. The number of rotatable bonds is 3. The summed E-state index contributed by atoms with van der Waals surface area (Å²) < 4.78 is 0. The van der Waals surface area contributed by atoms with Gasteiger partial charge in [0.05, 0.1) is 6.21 Å². The van der Waals surface area contributed by atoms with E-state index in [9.17, 15) is 4.79 Å². The predicted molar refractivity (Wildman–Crippen MR) is 94.2 cm³/mol. The second-order valence-electron chi connectivity index (χ2n) is 6.04. The maximum absolute atomic E-state index is 12.3. The Hall–Kier alpha value is -2.95. The molecule has 0 unspecified atom stereocenters. The molecule has 0 atom stereocenters. The normalized spacial score (nSPS) is 14.0. The van der Waals surface area contributed by atoms with Crippen molar-refractivity contribution in [3.05, 3.63) is 65.1 Å². The molecular weight excluding hydrogens is 300 g/mol. The first-order valence-electron chi connectivity index (χ1n) is 8.18. The molecule has 4 rings (SSSR count). The molecule has 24 heavy (non-hydrogen) atoms. The molecule has 5 nitrogen and oxygen atoms in total. The van der Waals surface area contributed by atoms with Crippen LogP contribution in [-0.4, -0.2) is 22.1 Å². The molecule has 0 spiro atoms. The van der Waals surface area contributed by atoms with E-state index in [1.54, 1.807) is 18.6 Å². The molecule has 1 aliphatic rings. The van der Waals surface area contributed by atoms with Crippen LogP contribution in [0.2, 0.25) is 0 Å². The lowest BCUT2D eigenvalue weighted by Gasteiger charge is -2.10. The number of carbonyl (C=O) groups excluding carboxylic acids is 1. The number of aromatic amines is 1. The van der Waals surface area contributed by atoms with Crippen molar-refractivity contribution in [1.82, 2.24) is 15.4 Å². The molecule has 5 heteroatoms. The third-order valence-electron chi connectivity index (χ3n) is 4.42. The first-order chi connectivity index (χ1) is 11.8. The smallest absolute Gasteiger partial charge is 0.271 e. The van der Waals surface area contributed by atoms with Crippen molar-refractivity contribution >= 4 is 23.0 Å². The first-order valence-corrected chi connectivity index (χ1v) is 8.18. The van der Waals surface area contributed by atoms with Gasteiger partial charge in [-0.25, -0.2) is 5.43 Å². The number of amides is 1. The van der Waals surface area contributed by atoms with E-state index in [4.69, 9.17) is 0 Å². The van der Waals surface area contributed by atoms with Crippen LogP contribution < -0.4 is 5.43 Å². The standard InChI is InChI=1S/C19H18N4O/c24-19(23-21-12-13-4-3-9-20-11-13)14-7-8-18-16(10-14)15-5-1-2-6-17(15)22-18/h3-4,7-12,22H,1-2,5-6H2,(H,23,24)/b21-12+. The summed E-state index contributed by atoms with van der Waals surface area (Å²) >= 11 is 0. The number of nitrogens with one attached hydrogen (secondary N) is 2. The summed E-state index contributed by atoms with van der Waals surface area (Å²) in [5.74, 6) is -0.206. The summed E-state index contributed by atoms with van der Waals surface area (Å²) in [5.41, 5.74) is 7.84. The fraction of sp³-hybridized carbons (Fsp3) is 0.211. The summed E-state index contributed by atoms with van der Waals surface area (Å²) in [5, 5.41) is 5.16. The molecule has 2 heterocycles. The van der Waals surface area contributed by atoms with Crippen LogP contribution in [0.15, 0.2) is 47.8 Å². The molecule has 0 saturated carbocycles. The van der Waals surface area contributed by atoms with Gasteiger partial charge in [0, 0.05) is 40.1 Å². The van der Waals surface area contributed by atoms with Crippen LogP contribution >= 0.6 is 0 Å². The Bertz CT molecular complexity index is 912. The summed E-state index contributed by atoms with van der Waals surface area (Å²) in [6, 6.07) is 9.48. The van der Waals surface area contributed by atoms with Gasteiger partial charge in [0.1, 0.15) is 0 Å². The van der Waals surface area contributed by atoms with Gasteiger partial charge in [-0.3, -0.25) is 9.78 Å². The summed E-state index contributed by atoms with van der Waals surface area (Å²) in [7, 11) is 0. The number of aromatic nitrogens is 2. The number of fused-ring (bicyclic) bond motifs is 3. The van der Waals surface area contributed by atoms with E-state index in [1.165, 1.54) is 24.1 Å². The molecular formula is C19H18N4O. The van der Waals surface area contributed by atoms with Gasteiger partial charge in [-0.2, -0.15) is 5.10 Å². The second-order valence-corrected chi connectivity index (χ2v) is 6.04. The molecule has 0 aliphatic heterocycles. The lowest BCUT2D eigenvalue weighted by molar-refractivity contribution is 0.0955. The van der Waals surface area contributed by atoms with Gasteiger partial charge in [-0.15, -0.1) is 0 Å². The molecule has 0 bridgehead atoms. The number of benzene rings is 1. The van der Waals surface area contributed by atoms with Gasteiger partial charge in [0.15, 0.2) is 0 Å². The Kier molecular flexibility index (Phi) is 3.83. The maximum atomic E-state index is 12.3. The minimum atomic E-state index is -0.206. The summed E-state index contributed by atoms with van der Waals surface area (Å²) in [4.78, 5) is 19.8. The van der Waals surface area contributed by atoms with E-state index >= 15 is 0 Å². The largest absolute Gasteiger partial charge is 0.358 e. The van der Waals surface area contributed by atoms with E-state index in [0.717, 1.165) is 29.3 Å². The zero-order valence-electron chi connectivity index (χ0n) is 13.2. The zero-order chi connectivity index (χ0) is 16.4. The maximum Gasteiger partial charge on any atom is 0.271 e. The van der Waals surface area contributed by atoms with Gasteiger partial charge in [-0.1, -0.05) is 6.07 Å². The Morgan fingerprint density at radius 2 is 2.17 bits per heavy atom. The van der Waals surface area contributed by atoms with Gasteiger partial charge in [0.25, 0.3) is 5.91 Å². The van der Waals surface area contributed by atoms with Crippen molar-refractivity contribution in [2.24, 2.45) is 5.10 Å². The fourth-order valence-corrected chi connectivity index (χ4v) is 3.23. The van der Waals surface area contributed by atoms with E-state index < -0.39 is 0 Å². The minimum Gasteiger partial charge on any atom is -0.358 e. The van der Waals surface area contributed by atoms with Gasteiger partial charge >= 0.3 is 0 Å². The van der Waals surface area contributed by atoms with Crippen LogP contribution in [0.3, 0.4) is 0 Å². The highest BCUT2D eigenvalue weighted by Gasteiger charge is 2.16. The highest BCUT2D eigenvalue weighted by molar-refractivity contribution is 5.99. The number of hydrogen-bond acceptors (Lipinski definition) is 3. The van der Waals surface area contributed by atoms with Crippen LogP contribution in [0.1, 0.15) is 40.0 Å². The van der Waals surface area contributed by atoms with Crippen molar-refractivity contribution in [1.29, 1.82) is 0 Å². The van der Waals surface area contributed by atoms with Crippen LogP contribution in [0.5, 0.6) is 0 Å². The Balaban J connectivity index is 1.55. The van der Waals surface area contributed by atoms with Crippen molar-refractivity contribution in [2.45, 2.75) is 25.7 Å². The Morgan fingerprint density at radius 3 is 3.04 bits per heavy atom. The molecule has 0 radical (unpaired) electrons. The molecule has 0 saturated heterocycles. The third kappa shape index (κ3) is 2.80. The average molecular weight is 318 g/mol. The van der Waals surface area contributed by atoms with Crippen molar-refractivity contribution in [3.8, 4) is 0 Å². The van der Waals surface area contributed by atoms with Crippen molar-refractivity contribution in [3.63, 3.8) is 0 Å². The number of carbonyl (C=O) groups is 1. The Labute approximate surface area is 139 Å². The van der Waals surface area contributed by atoms with Crippen LogP contribution in [0, 0.1) is 0 Å². The van der Waals surface area contributed by atoms with Gasteiger partial charge in [-0.05, 0) is 55.5 Å². The summed E-state index contributed by atoms with van der Waals surface area (Å²) in [6.07, 6.45) is 9.60. The number of H-pyrrole nitrogens is 1. The molecule has 2 aromatic heterocycles. The number of hydrazone groups is 1. The lowest BCUT2D eigenvalue weighted by Crippen LogP contribution is -2.17. The van der Waals surface area contributed by atoms with Gasteiger partial charge in [0.2, 0.25) is 0 Å². The monoisotopic (exact) mass is 318 g/mol. The molecule has 2 N–H and O–H groups in total. The number of nitrogens with zero attached hydrogens (tertiary/aromatic N) is 2. The lowest BCUT2D eigenvalue weighted by atomic mass is 9.95. The van der Waals surface area contributed by atoms with E-state index in [1.807, 2.05) is 30.3 Å². The molecule has 120 valence electrons. The molecule has 1 amide bonds. The topological polar surface area (TPSA) is 70.1 Å². The number of hydrogen-bond donors (Lipinski definition) is 2. The fourth-order valence-electron chi connectivity index (χ4n) is 3.23. The van der Waals surface area contributed by atoms with E-state index in [-0.39, 0.29) is 5.91 Å². The quantitative estimate of drug-likeness (QED) is 0.575. The van der Waals surface area contributed by atoms with E-state index in [2.05, 4.69) is 20.5 Å². The number of aryl methyl sites for hydroxylation is 2. The molecule has 3 aromatic rings. The molecule has 0 fully saturated rings. The first kappa shape index (κ1) is 14.6. The zero-order valence-corrected chi connectivity index (χ0v) is 13.2. The highest BCUT2D eigenvalue weighted by Crippen LogP contribution is 2.29. The van der Waals surface area contributed by atoms with Crippen LogP contribution in [-0.2, 0) is 12.8 Å². The van der Waals surface area contributed by atoms with Crippen molar-refractivity contribution in [2.75, 3.05) is 0 Å². The highest BCUT2D eigenvalue weighted by atomic mass is 16.2. The Morgan fingerprint density at radius 1 is 1.25 bits per heavy atom. The molecule has 1 aliphatic carbocycles. The van der Waals surface area contributed by atoms with Crippen molar-refractivity contribution < 1.29 is 4.79 Å². The van der Waals surface area contributed by atoms with Crippen LogP contribution in [0.4, 0.5) is 0 Å². The summed E-state index contributed by atoms with van der Waals surface area (Å²) in [6.45, 7) is 0.